The molecule has 1 aliphatic carbocycles. The number of fused-ring (bicyclic) bond motifs is 1. The van der Waals surface area contributed by atoms with Crippen molar-refractivity contribution >= 4 is 16.6 Å². The standard InChI is InChI=1S/C20H23FN4O2/c1-27-11-15-9-18(16-8-14(21)2-3-17(16)23-15)24-19-6-13(7-20(19)26)10-25-5-4-22-12-25/h2-5,8-9,12-13,19-20,26H,6-7,10-11H2,1H3,(H,23,24)/t13?,19-,20-/m1/s1. The van der Waals surface area contributed by atoms with Gasteiger partial charge in [0.25, 0.3) is 0 Å². The van der Waals surface area contributed by atoms with Gasteiger partial charge in [-0.05, 0) is 43.0 Å². The van der Waals surface area contributed by atoms with Gasteiger partial charge in [-0.1, -0.05) is 0 Å². The molecule has 0 bridgehead atoms. The van der Waals surface area contributed by atoms with Crippen molar-refractivity contribution in [2.75, 3.05) is 12.4 Å². The average molecular weight is 370 g/mol. The minimum absolute atomic E-state index is 0.0946. The van der Waals surface area contributed by atoms with E-state index in [1.165, 1.54) is 12.1 Å². The molecule has 2 aromatic heterocycles. The number of aliphatic hydroxyl groups excluding tert-OH is 1. The van der Waals surface area contributed by atoms with Crippen LogP contribution in [0.4, 0.5) is 10.1 Å². The van der Waals surface area contributed by atoms with Crippen LogP contribution in [0.3, 0.4) is 0 Å². The molecule has 6 nitrogen and oxygen atoms in total. The van der Waals surface area contributed by atoms with Crippen LogP contribution in [0.1, 0.15) is 18.5 Å². The van der Waals surface area contributed by atoms with Crippen molar-refractivity contribution in [3.63, 3.8) is 0 Å². The number of methoxy groups -OCH3 is 1. The number of ether oxygens (including phenoxy) is 1. The highest BCUT2D eigenvalue weighted by Gasteiger charge is 2.33. The van der Waals surface area contributed by atoms with Gasteiger partial charge in [-0.15, -0.1) is 0 Å². The lowest BCUT2D eigenvalue weighted by molar-refractivity contribution is 0.166. The molecule has 2 N–H and O–H groups in total. The third-order valence-corrected chi connectivity index (χ3v) is 5.11. The maximum absolute atomic E-state index is 13.8. The summed E-state index contributed by atoms with van der Waals surface area (Å²) in [5.74, 6) is 0.0479. The Labute approximate surface area is 157 Å². The van der Waals surface area contributed by atoms with Gasteiger partial charge < -0.3 is 19.7 Å². The summed E-state index contributed by atoms with van der Waals surface area (Å²) in [6.07, 6.45) is 6.58. The molecular weight excluding hydrogens is 347 g/mol. The number of hydrogen-bond donors (Lipinski definition) is 2. The Bertz CT molecular complexity index is 916. The first-order valence-electron chi connectivity index (χ1n) is 9.11. The van der Waals surface area contributed by atoms with E-state index in [1.54, 1.807) is 25.7 Å². The predicted molar refractivity (Wildman–Crippen MR) is 101 cm³/mol. The Morgan fingerprint density at radius 3 is 3.00 bits per heavy atom. The van der Waals surface area contributed by atoms with Crippen molar-refractivity contribution < 1.29 is 14.2 Å². The number of imidazole rings is 1. The molecule has 27 heavy (non-hydrogen) atoms. The van der Waals surface area contributed by atoms with E-state index in [0.29, 0.717) is 23.4 Å². The Kier molecular flexibility index (Phi) is 5.05. The van der Waals surface area contributed by atoms with E-state index in [0.717, 1.165) is 30.8 Å². The second-order valence-electron chi connectivity index (χ2n) is 7.17. The van der Waals surface area contributed by atoms with Crippen LogP contribution in [0.2, 0.25) is 0 Å². The molecule has 1 unspecified atom stereocenters. The van der Waals surface area contributed by atoms with E-state index < -0.39 is 6.10 Å². The number of nitrogens with one attached hydrogen (secondary N) is 1. The fourth-order valence-corrected chi connectivity index (χ4v) is 3.91. The van der Waals surface area contributed by atoms with Gasteiger partial charge in [0, 0.05) is 37.1 Å². The monoisotopic (exact) mass is 370 g/mol. The van der Waals surface area contributed by atoms with E-state index in [9.17, 15) is 9.50 Å². The van der Waals surface area contributed by atoms with Crippen molar-refractivity contribution in [3.8, 4) is 0 Å². The molecule has 7 heteroatoms. The molecule has 0 radical (unpaired) electrons. The number of halogens is 1. The van der Waals surface area contributed by atoms with E-state index >= 15 is 0 Å². The van der Waals surface area contributed by atoms with E-state index in [2.05, 4.69) is 15.3 Å². The van der Waals surface area contributed by atoms with Crippen LogP contribution in [0.5, 0.6) is 0 Å². The number of aromatic nitrogens is 3. The van der Waals surface area contributed by atoms with Crippen LogP contribution in [0.15, 0.2) is 43.0 Å². The van der Waals surface area contributed by atoms with Crippen molar-refractivity contribution in [2.24, 2.45) is 5.92 Å². The van der Waals surface area contributed by atoms with Crippen LogP contribution in [0, 0.1) is 11.7 Å². The lowest BCUT2D eigenvalue weighted by Crippen LogP contribution is -2.28. The van der Waals surface area contributed by atoms with Gasteiger partial charge in [0.1, 0.15) is 5.82 Å². The molecule has 1 aromatic carbocycles. The minimum Gasteiger partial charge on any atom is -0.391 e. The average Bonchev–Trinajstić information content (AvgIpc) is 3.26. The molecule has 4 rings (SSSR count). The zero-order valence-electron chi connectivity index (χ0n) is 15.2. The lowest BCUT2D eigenvalue weighted by atomic mass is 10.1. The normalized spacial score (nSPS) is 22.4. The summed E-state index contributed by atoms with van der Waals surface area (Å²) in [4.78, 5) is 8.59. The molecule has 3 atom stereocenters. The summed E-state index contributed by atoms with van der Waals surface area (Å²) in [6, 6.07) is 6.33. The van der Waals surface area contributed by atoms with Gasteiger partial charge >= 0.3 is 0 Å². The zero-order chi connectivity index (χ0) is 18.8. The van der Waals surface area contributed by atoms with E-state index in [1.807, 2.05) is 16.8 Å². The summed E-state index contributed by atoms with van der Waals surface area (Å²) in [7, 11) is 1.62. The zero-order valence-corrected chi connectivity index (χ0v) is 15.2. The number of anilines is 1. The summed E-state index contributed by atoms with van der Waals surface area (Å²) in [6.45, 7) is 1.20. The van der Waals surface area contributed by atoms with Crippen LogP contribution in [-0.2, 0) is 17.9 Å². The largest absolute Gasteiger partial charge is 0.391 e. The van der Waals surface area contributed by atoms with Gasteiger partial charge in [-0.25, -0.2) is 9.37 Å². The molecule has 0 aliphatic heterocycles. The van der Waals surface area contributed by atoms with Gasteiger partial charge in [0.15, 0.2) is 0 Å². The first-order valence-corrected chi connectivity index (χ1v) is 9.11. The van der Waals surface area contributed by atoms with Crippen LogP contribution in [-0.4, -0.2) is 38.9 Å². The lowest BCUT2D eigenvalue weighted by Gasteiger charge is -2.20. The highest BCUT2D eigenvalue weighted by atomic mass is 19.1. The molecule has 0 amide bonds. The van der Waals surface area contributed by atoms with Gasteiger partial charge in [-0.2, -0.15) is 0 Å². The van der Waals surface area contributed by atoms with Crippen LogP contribution < -0.4 is 5.32 Å². The number of pyridine rings is 1. The van der Waals surface area contributed by atoms with Crippen molar-refractivity contribution in [3.05, 3.63) is 54.5 Å². The minimum atomic E-state index is -0.457. The van der Waals surface area contributed by atoms with Gasteiger partial charge in [0.2, 0.25) is 0 Å². The quantitative estimate of drug-likeness (QED) is 0.698. The third kappa shape index (κ3) is 3.94. The highest BCUT2D eigenvalue weighted by molar-refractivity contribution is 5.91. The fourth-order valence-electron chi connectivity index (χ4n) is 3.91. The summed E-state index contributed by atoms with van der Waals surface area (Å²) in [5, 5.41) is 14.7. The maximum Gasteiger partial charge on any atom is 0.124 e. The first-order chi connectivity index (χ1) is 13.1. The molecule has 1 fully saturated rings. The Hall–Kier alpha value is -2.51. The van der Waals surface area contributed by atoms with Gasteiger partial charge in [0.05, 0.1) is 36.3 Å². The Morgan fingerprint density at radius 2 is 2.22 bits per heavy atom. The topological polar surface area (TPSA) is 72.2 Å². The van der Waals surface area contributed by atoms with Crippen LogP contribution >= 0.6 is 0 Å². The summed E-state index contributed by atoms with van der Waals surface area (Å²) >= 11 is 0. The molecule has 1 saturated carbocycles. The fraction of sp³-hybridized carbons (Fsp3) is 0.400. The highest BCUT2D eigenvalue weighted by Crippen LogP contribution is 2.32. The Morgan fingerprint density at radius 1 is 1.33 bits per heavy atom. The molecule has 0 spiro atoms. The summed E-state index contributed by atoms with van der Waals surface area (Å²) < 4.78 is 21.0. The van der Waals surface area contributed by atoms with Crippen molar-refractivity contribution in [1.82, 2.24) is 14.5 Å². The maximum atomic E-state index is 13.8. The number of aliphatic hydroxyl groups is 1. The second kappa shape index (κ2) is 7.62. The number of rotatable bonds is 6. The first kappa shape index (κ1) is 17.9. The molecule has 2 heterocycles. The van der Waals surface area contributed by atoms with Crippen molar-refractivity contribution in [2.45, 2.75) is 38.1 Å². The SMILES string of the molecule is COCc1cc(N[C@@H]2CC(Cn3ccnc3)C[C@H]2O)c2cc(F)ccc2n1. The molecule has 1 aliphatic rings. The number of benzene rings is 1. The van der Waals surface area contributed by atoms with Crippen molar-refractivity contribution in [1.29, 1.82) is 0 Å². The van der Waals surface area contributed by atoms with Crippen LogP contribution in [0.25, 0.3) is 10.9 Å². The number of nitrogens with zero attached hydrogens (tertiary/aromatic N) is 3. The Balaban J connectivity index is 1.57. The molecule has 0 saturated heterocycles. The molecule has 142 valence electrons. The smallest absolute Gasteiger partial charge is 0.124 e. The molecular formula is C20H23FN4O2. The third-order valence-electron chi connectivity index (χ3n) is 5.11. The van der Waals surface area contributed by atoms with E-state index in [-0.39, 0.29) is 11.9 Å². The van der Waals surface area contributed by atoms with E-state index in [4.69, 9.17) is 4.74 Å². The molecule has 3 aromatic rings. The number of hydrogen-bond acceptors (Lipinski definition) is 5. The second-order valence-corrected chi connectivity index (χ2v) is 7.17. The summed E-state index contributed by atoms with van der Waals surface area (Å²) in [5.41, 5.74) is 2.25. The predicted octanol–water partition coefficient (Wildman–Crippen LogP) is 2.97. The van der Waals surface area contributed by atoms with Gasteiger partial charge in [-0.3, -0.25) is 4.98 Å².